The molecule has 8 nitrogen and oxygen atoms in total. The maximum Gasteiger partial charge on any atom is 0.273 e. The Morgan fingerprint density at radius 2 is 2.22 bits per heavy atom. The first-order valence-electron chi connectivity index (χ1n) is 9.07. The first kappa shape index (κ1) is 17.7. The van der Waals surface area contributed by atoms with Crippen LogP contribution in [0.15, 0.2) is 35.1 Å². The highest BCUT2D eigenvalue weighted by atomic mass is 16.5. The Bertz CT molecular complexity index is 963. The average Bonchev–Trinajstić information content (AvgIpc) is 3.22. The lowest BCUT2D eigenvalue weighted by Crippen LogP contribution is -2.53. The van der Waals surface area contributed by atoms with Crippen molar-refractivity contribution in [3.63, 3.8) is 0 Å². The van der Waals surface area contributed by atoms with Crippen molar-refractivity contribution in [2.45, 2.75) is 39.0 Å². The van der Waals surface area contributed by atoms with Crippen LogP contribution in [-0.4, -0.2) is 55.7 Å². The molecule has 0 aromatic carbocycles. The molecule has 0 unspecified atom stereocenters. The summed E-state index contributed by atoms with van der Waals surface area (Å²) >= 11 is 0. The summed E-state index contributed by atoms with van der Waals surface area (Å²) in [7, 11) is 0. The summed E-state index contributed by atoms with van der Waals surface area (Å²) in [6, 6.07) is 5.33. The quantitative estimate of drug-likeness (QED) is 0.720. The average molecular weight is 369 g/mol. The first-order valence-corrected chi connectivity index (χ1v) is 9.07. The Morgan fingerprint density at radius 1 is 1.37 bits per heavy atom. The van der Waals surface area contributed by atoms with E-state index in [9.17, 15) is 9.90 Å². The number of fused-ring (bicyclic) bond motifs is 1. The monoisotopic (exact) mass is 369 g/mol. The Labute approximate surface area is 156 Å². The number of rotatable bonds is 4. The second-order valence-electron chi connectivity index (χ2n) is 7.20. The fraction of sp³-hybridized carbons (Fsp3) is 0.421. The van der Waals surface area contributed by atoms with E-state index in [1.165, 1.54) is 5.56 Å². The number of aliphatic hydroxyl groups is 1. The van der Waals surface area contributed by atoms with E-state index in [1.807, 2.05) is 28.9 Å². The zero-order chi connectivity index (χ0) is 19.0. The van der Waals surface area contributed by atoms with Crippen molar-refractivity contribution in [3.8, 4) is 0 Å². The summed E-state index contributed by atoms with van der Waals surface area (Å²) in [5.74, 6) is 0.262. The molecule has 2 N–H and O–H groups in total. The molecular formula is C19H23N5O3. The van der Waals surface area contributed by atoms with E-state index < -0.39 is 6.10 Å². The number of aromatic nitrogens is 3. The first-order chi connectivity index (χ1) is 13.0. The Balaban J connectivity index is 1.35. The van der Waals surface area contributed by atoms with Crippen LogP contribution >= 0.6 is 0 Å². The van der Waals surface area contributed by atoms with Gasteiger partial charge in [-0.3, -0.25) is 9.69 Å². The highest BCUT2D eigenvalue weighted by Crippen LogP contribution is 2.16. The number of likely N-dealkylation sites (tertiary alicyclic amines) is 1. The lowest BCUT2D eigenvalue weighted by Gasteiger charge is -2.35. The zero-order valence-electron chi connectivity index (χ0n) is 15.4. The summed E-state index contributed by atoms with van der Waals surface area (Å²) in [5.41, 5.74) is 3.30. The Hall–Kier alpha value is -2.71. The third-order valence-corrected chi connectivity index (χ3v) is 4.88. The van der Waals surface area contributed by atoms with Gasteiger partial charge in [0.2, 0.25) is 0 Å². The van der Waals surface area contributed by atoms with E-state index in [1.54, 1.807) is 13.0 Å². The molecule has 2 atom stereocenters. The second-order valence-corrected chi connectivity index (χ2v) is 7.20. The van der Waals surface area contributed by atoms with E-state index in [0.717, 1.165) is 17.9 Å². The molecule has 0 bridgehead atoms. The molecule has 27 heavy (non-hydrogen) atoms. The van der Waals surface area contributed by atoms with Gasteiger partial charge in [0.05, 0.1) is 17.8 Å². The van der Waals surface area contributed by atoms with E-state index >= 15 is 0 Å². The molecule has 142 valence electrons. The number of carbonyl (C=O) groups excluding carboxylic acids is 1. The van der Waals surface area contributed by atoms with Crippen molar-refractivity contribution in [2.24, 2.45) is 0 Å². The van der Waals surface area contributed by atoms with E-state index in [-0.39, 0.29) is 17.6 Å². The van der Waals surface area contributed by atoms with Gasteiger partial charge in [-0.25, -0.2) is 4.98 Å². The van der Waals surface area contributed by atoms with Gasteiger partial charge in [-0.1, -0.05) is 11.2 Å². The highest BCUT2D eigenvalue weighted by Gasteiger charge is 2.30. The SMILES string of the molecule is Cc1ccc2nc(CN3CC[C@@H](NC(=O)c4cc(C)on4)[C@H](O)C3)cn2c1. The molecule has 0 radical (unpaired) electrons. The molecule has 1 aliphatic heterocycles. The molecule has 0 saturated carbocycles. The molecule has 4 rings (SSSR count). The van der Waals surface area contributed by atoms with Gasteiger partial charge < -0.3 is 19.3 Å². The number of hydrogen-bond acceptors (Lipinski definition) is 6. The van der Waals surface area contributed by atoms with Crippen molar-refractivity contribution in [2.75, 3.05) is 13.1 Å². The van der Waals surface area contributed by atoms with E-state index in [2.05, 4.69) is 27.3 Å². The lowest BCUT2D eigenvalue weighted by molar-refractivity contribution is 0.0344. The van der Waals surface area contributed by atoms with Gasteiger partial charge in [0.25, 0.3) is 5.91 Å². The molecule has 0 aliphatic carbocycles. The molecule has 1 saturated heterocycles. The number of amides is 1. The van der Waals surface area contributed by atoms with Crippen LogP contribution in [0.3, 0.4) is 0 Å². The van der Waals surface area contributed by atoms with Crippen LogP contribution in [-0.2, 0) is 6.54 Å². The number of aliphatic hydroxyl groups excluding tert-OH is 1. The summed E-state index contributed by atoms with van der Waals surface area (Å²) in [5, 5.41) is 17.0. The van der Waals surface area contributed by atoms with Crippen molar-refractivity contribution < 1.29 is 14.4 Å². The number of aryl methyl sites for hydroxylation is 2. The van der Waals surface area contributed by atoms with Gasteiger partial charge in [0, 0.05) is 38.1 Å². The van der Waals surface area contributed by atoms with Gasteiger partial charge in [0.15, 0.2) is 5.69 Å². The topological polar surface area (TPSA) is 95.9 Å². The Kier molecular flexibility index (Phi) is 4.67. The maximum atomic E-state index is 12.2. The van der Waals surface area contributed by atoms with Crippen LogP contribution in [0, 0.1) is 13.8 Å². The number of β-amino-alcohol motifs (C(OH)–C–C–N with tert-alkyl or cyclic N) is 1. The molecule has 4 heterocycles. The highest BCUT2D eigenvalue weighted by molar-refractivity contribution is 5.92. The van der Waals surface area contributed by atoms with Gasteiger partial charge in [-0.2, -0.15) is 0 Å². The number of hydrogen-bond donors (Lipinski definition) is 2. The maximum absolute atomic E-state index is 12.2. The Morgan fingerprint density at radius 3 is 2.96 bits per heavy atom. The van der Waals surface area contributed by atoms with Crippen LogP contribution in [0.25, 0.3) is 5.65 Å². The number of carbonyl (C=O) groups is 1. The van der Waals surface area contributed by atoms with Gasteiger partial charge >= 0.3 is 0 Å². The minimum absolute atomic E-state index is 0.238. The third-order valence-electron chi connectivity index (χ3n) is 4.88. The summed E-state index contributed by atoms with van der Waals surface area (Å²) < 4.78 is 6.95. The smallest absolute Gasteiger partial charge is 0.273 e. The van der Waals surface area contributed by atoms with E-state index in [4.69, 9.17) is 4.52 Å². The van der Waals surface area contributed by atoms with Gasteiger partial charge in [-0.15, -0.1) is 0 Å². The minimum atomic E-state index is -0.644. The van der Waals surface area contributed by atoms with Crippen LogP contribution < -0.4 is 5.32 Å². The molecule has 1 aliphatic rings. The van der Waals surface area contributed by atoms with Crippen molar-refractivity contribution in [1.82, 2.24) is 24.8 Å². The fourth-order valence-corrected chi connectivity index (χ4v) is 3.49. The summed E-state index contributed by atoms with van der Waals surface area (Å²) in [6.45, 7) is 5.70. The van der Waals surface area contributed by atoms with Gasteiger partial charge in [0.1, 0.15) is 11.4 Å². The molecule has 8 heteroatoms. The number of nitrogens with zero attached hydrogens (tertiary/aromatic N) is 4. The third kappa shape index (κ3) is 3.86. The van der Waals surface area contributed by atoms with Crippen molar-refractivity contribution in [3.05, 3.63) is 53.3 Å². The second kappa shape index (κ2) is 7.13. The van der Waals surface area contributed by atoms with Crippen LogP contribution in [0.5, 0.6) is 0 Å². The molecule has 3 aromatic heterocycles. The molecular weight excluding hydrogens is 346 g/mol. The van der Waals surface area contributed by atoms with E-state index in [0.29, 0.717) is 25.3 Å². The van der Waals surface area contributed by atoms with Crippen LogP contribution in [0.2, 0.25) is 0 Å². The zero-order valence-corrected chi connectivity index (χ0v) is 15.4. The predicted octanol–water partition coefficient (Wildman–Crippen LogP) is 1.30. The molecule has 3 aromatic rings. The molecule has 1 fully saturated rings. The van der Waals surface area contributed by atoms with Crippen molar-refractivity contribution in [1.29, 1.82) is 0 Å². The lowest BCUT2D eigenvalue weighted by atomic mass is 10.0. The summed E-state index contributed by atoms with van der Waals surface area (Å²) in [6.07, 6.45) is 4.09. The predicted molar refractivity (Wildman–Crippen MR) is 98.3 cm³/mol. The van der Waals surface area contributed by atoms with Gasteiger partial charge in [-0.05, 0) is 31.9 Å². The number of nitrogens with one attached hydrogen (secondary N) is 1. The van der Waals surface area contributed by atoms with Crippen LogP contribution in [0.1, 0.15) is 33.9 Å². The van der Waals surface area contributed by atoms with Crippen LogP contribution in [0.4, 0.5) is 0 Å². The largest absolute Gasteiger partial charge is 0.390 e. The molecule has 1 amide bonds. The fourth-order valence-electron chi connectivity index (χ4n) is 3.49. The number of piperidine rings is 1. The normalized spacial score (nSPS) is 20.9. The molecule has 0 spiro atoms. The minimum Gasteiger partial charge on any atom is -0.390 e. The summed E-state index contributed by atoms with van der Waals surface area (Å²) in [4.78, 5) is 19.0. The standard InChI is InChI=1S/C19H23N5O3/c1-12-3-4-18-20-14(10-24(18)8-12)9-23-6-5-15(17(25)11-23)21-19(26)16-7-13(2)27-22-16/h3-4,7-8,10,15,17,25H,5-6,9,11H2,1-2H3,(H,21,26)/t15-,17-/m1/s1. The number of pyridine rings is 1. The number of imidazole rings is 1. The van der Waals surface area contributed by atoms with Crippen molar-refractivity contribution >= 4 is 11.6 Å².